The predicted octanol–water partition coefficient (Wildman–Crippen LogP) is 5.15. The van der Waals surface area contributed by atoms with Crippen molar-refractivity contribution in [1.29, 1.82) is 0 Å². The van der Waals surface area contributed by atoms with E-state index in [4.69, 9.17) is 9.47 Å². The summed E-state index contributed by atoms with van der Waals surface area (Å²) in [5.41, 5.74) is 5.03. The number of benzene rings is 3. The van der Waals surface area contributed by atoms with E-state index in [1.807, 2.05) is 48.5 Å². The third-order valence-electron chi connectivity index (χ3n) is 6.62. The Bertz CT molecular complexity index is 1470. The molecule has 1 amide bonds. The van der Waals surface area contributed by atoms with E-state index in [0.29, 0.717) is 48.0 Å². The van der Waals surface area contributed by atoms with Gasteiger partial charge >= 0.3 is 0 Å². The van der Waals surface area contributed by atoms with Crippen LogP contribution in [-0.2, 0) is 30.7 Å². The number of amides is 1. The molecule has 5 rings (SSSR count). The van der Waals surface area contributed by atoms with E-state index in [-0.39, 0.29) is 18.0 Å². The first-order valence-corrected chi connectivity index (χ1v) is 12.7. The van der Waals surface area contributed by atoms with Gasteiger partial charge in [-0.1, -0.05) is 38.1 Å². The maximum atomic E-state index is 13.6. The van der Waals surface area contributed by atoms with Crippen LogP contribution in [0, 0.1) is 0 Å². The molecule has 1 aromatic heterocycles. The van der Waals surface area contributed by atoms with Crippen molar-refractivity contribution >= 4 is 28.2 Å². The number of nitrogens with one attached hydrogen (secondary N) is 2. The molecule has 0 aliphatic carbocycles. The van der Waals surface area contributed by atoms with Gasteiger partial charge in [-0.25, -0.2) is 0 Å². The first kappa shape index (κ1) is 24.4. The zero-order valence-corrected chi connectivity index (χ0v) is 21.2. The zero-order valence-electron chi connectivity index (χ0n) is 21.2. The van der Waals surface area contributed by atoms with E-state index < -0.39 is 0 Å². The number of nitrogens with zero attached hydrogens (tertiary/aromatic N) is 1. The molecule has 0 saturated carbocycles. The van der Waals surface area contributed by atoms with Crippen LogP contribution in [0.15, 0.2) is 71.5 Å². The molecule has 4 aromatic rings. The van der Waals surface area contributed by atoms with Gasteiger partial charge in [-0.05, 0) is 60.4 Å². The molecule has 2 heterocycles. The molecule has 7 heteroatoms. The topological polar surface area (TPSA) is 81.6 Å². The third-order valence-corrected chi connectivity index (χ3v) is 6.62. The van der Waals surface area contributed by atoms with Gasteiger partial charge in [0.05, 0.1) is 5.52 Å². The quantitative estimate of drug-likeness (QED) is 0.352. The van der Waals surface area contributed by atoms with E-state index >= 15 is 0 Å². The Kier molecular flexibility index (Phi) is 7.12. The van der Waals surface area contributed by atoms with Crippen LogP contribution in [0.4, 0.5) is 11.4 Å². The molecule has 2 N–H and O–H groups in total. The number of rotatable bonds is 8. The molecular formula is C30H31N3O4. The lowest BCUT2D eigenvalue weighted by Crippen LogP contribution is -2.31. The van der Waals surface area contributed by atoms with Crippen molar-refractivity contribution < 1.29 is 14.3 Å². The minimum Gasteiger partial charge on any atom is -0.486 e. The van der Waals surface area contributed by atoms with Gasteiger partial charge in [-0.15, -0.1) is 0 Å². The molecule has 0 unspecified atom stereocenters. The summed E-state index contributed by atoms with van der Waals surface area (Å²) >= 11 is 0. The number of aryl methyl sites for hydroxylation is 2. The first-order valence-electron chi connectivity index (χ1n) is 12.7. The van der Waals surface area contributed by atoms with E-state index in [9.17, 15) is 9.59 Å². The molecule has 0 fully saturated rings. The highest BCUT2D eigenvalue weighted by molar-refractivity contribution is 5.92. The summed E-state index contributed by atoms with van der Waals surface area (Å²) in [7, 11) is 0. The Balaban J connectivity index is 1.47. The molecule has 1 aliphatic heterocycles. The molecule has 190 valence electrons. The van der Waals surface area contributed by atoms with Crippen LogP contribution in [0.2, 0.25) is 0 Å². The predicted molar refractivity (Wildman–Crippen MR) is 147 cm³/mol. The van der Waals surface area contributed by atoms with Crippen LogP contribution < -0.4 is 25.7 Å². The van der Waals surface area contributed by atoms with Gasteiger partial charge < -0.3 is 20.1 Å². The van der Waals surface area contributed by atoms with Gasteiger partial charge in [0.1, 0.15) is 19.8 Å². The van der Waals surface area contributed by atoms with Crippen LogP contribution >= 0.6 is 0 Å². The molecule has 3 aromatic carbocycles. The molecule has 0 saturated heterocycles. The Morgan fingerprint density at radius 2 is 1.43 bits per heavy atom. The number of pyridine rings is 1. The fraction of sp³-hybridized carbons (Fsp3) is 0.267. The molecule has 0 radical (unpaired) electrons. The summed E-state index contributed by atoms with van der Waals surface area (Å²) in [6.07, 6.45) is 1.89. The molecule has 0 bridgehead atoms. The molecule has 0 atom stereocenters. The van der Waals surface area contributed by atoms with E-state index in [1.54, 1.807) is 6.07 Å². The van der Waals surface area contributed by atoms with E-state index in [2.05, 4.69) is 36.6 Å². The van der Waals surface area contributed by atoms with Crippen molar-refractivity contribution in [2.75, 3.05) is 23.8 Å². The van der Waals surface area contributed by atoms with Crippen molar-refractivity contribution in [3.8, 4) is 11.5 Å². The van der Waals surface area contributed by atoms with Gasteiger partial charge in [-0.2, -0.15) is 0 Å². The van der Waals surface area contributed by atoms with Crippen LogP contribution in [0.1, 0.15) is 30.5 Å². The van der Waals surface area contributed by atoms with Gasteiger partial charge in [0, 0.05) is 34.9 Å². The highest BCUT2D eigenvalue weighted by Gasteiger charge is 2.18. The number of carbonyl (C=O) groups is 1. The molecule has 7 nitrogen and oxygen atoms in total. The van der Waals surface area contributed by atoms with Crippen molar-refractivity contribution in [2.45, 2.75) is 39.8 Å². The summed E-state index contributed by atoms with van der Waals surface area (Å²) < 4.78 is 13.0. The molecular weight excluding hydrogens is 466 g/mol. The van der Waals surface area contributed by atoms with Crippen LogP contribution in [0.25, 0.3) is 10.9 Å². The minimum atomic E-state index is -0.275. The van der Waals surface area contributed by atoms with Crippen LogP contribution in [-0.4, -0.2) is 23.7 Å². The highest BCUT2D eigenvalue weighted by Crippen LogP contribution is 2.34. The van der Waals surface area contributed by atoms with Gasteiger partial charge in [0.15, 0.2) is 11.5 Å². The van der Waals surface area contributed by atoms with E-state index in [1.165, 1.54) is 15.7 Å². The van der Waals surface area contributed by atoms with Crippen molar-refractivity contribution in [3.05, 3.63) is 93.8 Å². The van der Waals surface area contributed by atoms with E-state index in [0.717, 1.165) is 23.9 Å². The number of aromatic nitrogens is 1. The maximum absolute atomic E-state index is 13.6. The Hall–Kier alpha value is -4.26. The van der Waals surface area contributed by atoms with Gasteiger partial charge in [0.25, 0.3) is 5.56 Å². The van der Waals surface area contributed by atoms with Gasteiger partial charge in [0.2, 0.25) is 5.91 Å². The number of carbonyl (C=O) groups excluding carboxylic acids is 1. The van der Waals surface area contributed by atoms with Crippen molar-refractivity contribution in [2.24, 2.45) is 0 Å². The Morgan fingerprint density at radius 1 is 0.838 bits per heavy atom. The third kappa shape index (κ3) is 5.45. The maximum Gasteiger partial charge on any atom is 0.256 e. The average Bonchev–Trinajstić information content (AvgIpc) is 2.93. The molecule has 0 spiro atoms. The average molecular weight is 498 g/mol. The van der Waals surface area contributed by atoms with Crippen LogP contribution in [0.5, 0.6) is 11.5 Å². The summed E-state index contributed by atoms with van der Waals surface area (Å²) in [6, 6.07) is 21.4. The number of hydrogen-bond acceptors (Lipinski definition) is 5. The van der Waals surface area contributed by atoms with Crippen molar-refractivity contribution in [3.63, 3.8) is 0 Å². The Labute approximate surface area is 216 Å². The SMILES string of the molecule is CCc1ccc(NCc2cc3cc4c(cc3n(CC(=O)Nc3ccc(CC)cc3)c2=O)OCCO4)cc1. The Morgan fingerprint density at radius 3 is 2.05 bits per heavy atom. The zero-order chi connectivity index (χ0) is 25.8. The number of anilines is 2. The lowest BCUT2D eigenvalue weighted by molar-refractivity contribution is -0.116. The summed E-state index contributed by atoms with van der Waals surface area (Å²) in [4.78, 5) is 26.6. The second-order valence-corrected chi connectivity index (χ2v) is 9.12. The highest BCUT2D eigenvalue weighted by atomic mass is 16.6. The number of fused-ring (bicyclic) bond motifs is 2. The molecule has 1 aliphatic rings. The lowest BCUT2D eigenvalue weighted by atomic mass is 10.1. The standard InChI is InChI=1S/C30H31N3O4/c1-3-20-5-9-24(10-6-20)31-18-23-15-22-16-27-28(37-14-13-36-27)17-26(22)33(30(23)35)19-29(34)32-25-11-7-21(4-2)8-12-25/h5-12,15-17,31H,3-4,13-14,18-19H2,1-2H3,(H,32,34). The number of ether oxygens (including phenoxy) is 2. The summed E-state index contributed by atoms with van der Waals surface area (Å²) in [5.74, 6) is 0.936. The fourth-order valence-electron chi connectivity index (χ4n) is 4.48. The lowest BCUT2D eigenvalue weighted by Gasteiger charge is -2.21. The second-order valence-electron chi connectivity index (χ2n) is 9.12. The molecule has 37 heavy (non-hydrogen) atoms. The van der Waals surface area contributed by atoms with Crippen molar-refractivity contribution in [1.82, 2.24) is 4.57 Å². The summed E-state index contributed by atoms with van der Waals surface area (Å²) in [5, 5.41) is 7.06. The number of hydrogen-bond donors (Lipinski definition) is 2. The largest absolute Gasteiger partial charge is 0.486 e. The monoisotopic (exact) mass is 497 g/mol. The van der Waals surface area contributed by atoms with Gasteiger partial charge in [-0.3, -0.25) is 14.2 Å². The fourth-order valence-corrected chi connectivity index (χ4v) is 4.48. The first-order chi connectivity index (χ1) is 18.0. The summed E-state index contributed by atoms with van der Waals surface area (Å²) in [6.45, 7) is 5.32. The minimum absolute atomic E-state index is 0.121. The normalized spacial score (nSPS) is 12.4. The smallest absolute Gasteiger partial charge is 0.256 e. The second kappa shape index (κ2) is 10.8. The van der Waals surface area contributed by atoms with Crippen LogP contribution in [0.3, 0.4) is 0 Å².